The molecule has 0 spiro atoms. The average molecular weight is 426 g/mol. The molecule has 0 saturated heterocycles. The van der Waals surface area contributed by atoms with Gasteiger partial charge in [-0.05, 0) is 18.2 Å². The molecule has 0 radical (unpaired) electrons. The Morgan fingerprint density at radius 1 is 1.14 bits per heavy atom. The number of nitro benzene ring substituents is 1. The lowest BCUT2D eigenvalue weighted by molar-refractivity contribution is -0.384. The molecule has 4 aromatic rings. The second kappa shape index (κ2) is 7.86. The SMILES string of the molecule is O=C(Nc1cc(Oc2cccnc2)cc([N+](=O)[O-])c1)c1sc2ccccc2c1Cl. The highest BCUT2D eigenvalue weighted by Gasteiger charge is 2.19. The first kappa shape index (κ1) is 18.9. The number of non-ortho nitro benzene ring substituents is 1. The third-order valence-electron chi connectivity index (χ3n) is 3.97. The van der Waals surface area contributed by atoms with Crippen molar-refractivity contribution in [2.24, 2.45) is 0 Å². The van der Waals surface area contributed by atoms with Crippen molar-refractivity contribution in [1.29, 1.82) is 0 Å². The highest BCUT2D eigenvalue weighted by Crippen LogP contribution is 2.36. The van der Waals surface area contributed by atoms with E-state index in [1.807, 2.05) is 24.3 Å². The van der Waals surface area contributed by atoms with Crippen molar-refractivity contribution in [3.63, 3.8) is 0 Å². The highest BCUT2D eigenvalue weighted by atomic mass is 35.5. The molecule has 0 aliphatic rings. The Hall–Kier alpha value is -3.49. The van der Waals surface area contributed by atoms with Crippen LogP contribution in [-0.4, -0.2) is 15.8 Å². The fourth-order valence-electron chi connectivity index (χ4n) is 2.71. The molecule has 4 rings (SSSR count). The molecule has 0 aliphatic carbocycles. The molecule has 1 amide bonds. The maximum Gasteiger partial charge on any atom is 0.275 e. The molecule has 0 unspecified atom stereocenters. The predicted molar refractivity (Wildman–Crippen MR) is 112 cm³/mol. The summed E-state index contributed by atoms with van der Waals surface area (Å²) in [5.74, 6) is 0.159. The van der Waals surface area contributed by atoms with Crippen LogP contribution in [0.2, 0.25) is 5.02 Å². The van der Waals surface area contributed by atoms with Gasteiger partial charge in [-0.2, -0.15) is 0 Å². The van der Waals surface area contributed by atoms with Crippen molar-refractivity contribution < 1.29 is 14.5 Å². The monoisotopic (exact) mass is 425 g/mol. The summed E-state index contributed by atoms with van der Waals surface area (Å²) in [6, 6.07) is 14.8. The zero-order valence-corrected chi connectivity index (χ0v) is 16.2. The van der Waals surface area contributed by atoms with Crippen molar-refractivity contribution in [1.82, 2.24) is 4.98 Å². The van der Waals surface area contributed by atoms with E-state index in [1.165, 1.54) is 35.7 Å². The van der Waals surface area contributed by atoms with Crippen LogP contribution in [0, 0.1) is 10.1 Å². The van der Waals surface area contributed by atoms with Gasteiger partial charge in [-0.3, -0.25) is 19.9 Å². The van der Waals surface area contributed by atoms with E-state index in [0.717, 1.165) is 10.1 Å². The summed E-state index contributed by atoms with van der Waals surface area (Å²) in [4.78, 5) is 27.7. The van der Waals surface area contributed by atoms with Gasteiger partial charge in [-0.25, -0.2) is 0 Å². The lowest BCUT2D eigenvalue weighted by Gasteiger charge is -2.09. The fraction of sp³-hybridized carbons (Fsp3) is 0. The fourth-order valence-corrected chi connectivity index (χ4v) is 4.12. The molecule has 2 heterocycles. The van der Waals surface area contributed by atoms with Crippen molar-refractivity contribution in [3.8, 4) is 11.5 Å². The molecular formula is C20H12ClN3O4S. The van der Waals surface area contributed by atoms with E-state index in [2.05, 4.69) is 10.3 Å². The van der Waals surface area contributed by atoms with E-state index in [0.29, 0.717) is 15.6 Å². The van der Waals surface area contributed by atoms with Crippen molar-refractivity contribution in [2.45, 2.75) is 0 Å². The van der Waals surface area contributed by atoms with Crippen LogP contribution < -0.4 is 10.1 Å². The third kappa shape index (κ3) is 4.03. The van der Waals surface area contributed by atoms with Crippen LogP contribution in [0.1, 0.15) is 9.67 Å². The maximum atomic E-state index is 12.7. The molecule has 0 fully saturated rings. The quantitative estimate of drug-likeness (QED) is 0.317. The Balaban J connectivity index is 1.65. The number of fused-ring (bicyclic) bond motifs is 1. The normalized spacial score (nSPS) is 10.7. The van der Waals surface area contributed by atoms with Crippen LogP contribution in [0.4, 0.5) is 11.4 Å². The first-order chi connectivity index (χ1) is 14.0. The molecule has 2 aromatic carbocycles. The maximum absolute atomic E-state index is 12.7. The standard InChI is InChI=1S/C20H12ClN3O4S/c21-18-16-5-1-2-6-17(16)29-19(18)20(25)23-12-8-13(24(26)27)10-15(9-12)28-14-4-3-7-22-11-14/h1-11H,(H,23,25). The summed E-state index contributed by atoms with van der Waals surface area (Å²) in [7, 11) is 0. The number of nitro groups is 1. The Morgan fingerprint density at radius 3 is 2.69 bits per heavy atom. The molecule has 7 nitrogen and oxygen atoms in total. The molecule has 144 valence electrons. The van der Waals surface area contributed by atoms with E-state index in [4.69, 9.17) is 16.3 Å². The first-order valence-corrected chi connectivity index (χ1v) is 9.56. The number of carbonyl (C=O) groups is 1. The van der Waals surface area contributed by atoms with Gasteiger partial charge in [0.15, 0.2) is 0 Å². The van der Waals surface area contributed by atoms with Crippen molar-refractivity contribution in [2.75, 3.05) is 5.32 Å². The molecule has 0 bridgehead atoms. The van der Waals surface area contributed by atoms with E-state index in [-0.39, 0.29) is 17.1 Å². The van der Waals surface area contributed by atoms with Crippen LogP contribution in [0.15, 0.2) is 67.0 Å². The number of carbonyl (C=O) groups excluding carboxylic acids is 1. The minimum absolute atomic E-state index is 0.199. The van der Waals surface area contributed by atoms with Gasteiger partial charge < -0.3 is 10.1 Å². The van der Waals surface area contributed by atoms with Crippen molar-refractivity contribution >= 4 is 50.3 Å². The van der Waals surface area contributed by atoms with Crippen LogP contribution in [0.3, 0.4) is 0 Å². The van der Waals surface area contributed by atoms with E-state index < -0.39 is 10.8 Å². The number of anilines is 1. The highest BCUT2D eigenvalue weighted by molar-refractivity contribution is 7.21. The lowest BCUT2D eigenvalue weighted by atomic mass is 10.2. The summed E-state index contributed by atoms with van der Waals surface area (Å²) in [5.41, 5.74) is 0.000686. The van der Waals surface area contributed by atoms with Gasteiger partial charge in [0.1, 0.15) is 16.4 Å². The zero-order chi connectivity index (χ0) is 20.4. The van der Waals surface area contributed by atoms with Gasteiger partial charge in [0.05, 0.1) is 27.9 Å². The largest absolute Gasteiger partial charge is 0.455 e. The number of rotatable bonds is 5. The summed E-state index contributed by atoms with van der Waals surface area (Å²) in [6.07, 6.45) is 3.06. The van der Waals surface area contributed by atoms with Gasteiger partial charge in [0, 0.05) is 28.4 Å². The van der Waals surface area contributed by atoms with Crippen LogP contribution in [0.5, 0.6) is 11.5 Å². The second-order valence-electron chi connectivity index (χ2n) is 5.96. The number of hydrogen-bond donors (Lipinski definition) is 1. The molecule has 9 heteroatoms. The molecule has 1 N–H and O–H groups in total. The summed E-state index contributed by atoms with van der Waals surface area (Å²) < 4.78 is 6.50. The van der Waals surface area contributed by atoms with E-state index >= 15 is 0 Å². The summed E-state index contributed by atoms with van der Waals surface area (Å²) in [5, 5.41) is 15.1. The number of thiophene rings is 1. The smallest absolute Gasteiger partial charge is 0.275 e. The number of hydrogen-bond acceptors (Lipinski definition) is 6. The van der Waals surface area contributed by atoms with Gasteiger partial charge in [0.25, 0.3) is 11.6 Å². The van der Waals surface area contributed by atoms with Crippen LogP contribution in [0.25, 0.3) is 10.1 Å². The third-order valence-corrected chi connectivity index (χ3v) is 5.65. The molecular weight excluding hydrogens is 414 g/mol. The van der Waals surface area contributed by atoms with Gasteiger partial charge >= 0.3 is 0 Å². The molecule has 2 aromatic heterocycles. The number of aromatic nitrogens is 1. The number of nitrogens with one attached hydrogen (secondary N) is 1. The minimum Gasteiger partial charge on any atom is -0.455 e. The Kier molecular flexibility index (Phi) is 5.11. The van der Waals surface area contributed by atoms with Crippen LogP contribution in [-0.2, 0) is 0 Å². The number of halogens is 1. The number of ether oxygens (including phenoxy) is 1. The number of benzene rings is 2. The topological polar surface area (TPSA) is 94.4 Å². The van der Waals surface area contributed by atoms with Gasteiger partial charge in [0.2, 0.25) is 0 Å². The number of nitrogens with zero attached hydrogens (tertiary/aromatic N) is 2. The van der Waals surface area contributed by atoms with E-state index in [1.54, 1.807) is 18.3 Å². The average Bonchev–Trinajstić information content (AvgIpc) is 3.05. The number of pyridine rings is 1. The first-order valence-electron chi connectivity index (χ1n) is 8.37. The Bertz CT molecular complexity index is 1230. The zero-order valence-electron chi connectivity index (χ0n) is 14.7. The van der Waals surface area contributed by atoms with E-state index in [9.17, 15) is 14.9 Å². The minimum atomic E-state index is -0.557. The van der Waals surface area contributed by atoms with Crippen molar-refractivity contribution in [3.05, 3.63) is 87.0 Å². The summed E-state index contributed by atoms with van der Waals surface area (Å²) >= 11 is 7.60. The Labute approximate surface area is 173 Å². The molecule has 29 heavy (non-hydrogen) atoms. The second-order valence-corrected chi connectivity index (χ2v) is 7.39. The summed E-state index contributed by atoms with van der Waals surface area (Å²) in [6.45, 7) is 0. The Morgan fingerprint density at radius 2 is 1.97 bits per heavy atom. The number of amides is 1. The lowest BCUT2D eigenvalue weighted by Crippen LogP contribution is -2.11. The molecule has 0 saturated carbocycles. The van der Waals surface area contributed by atoms with Gasteiger partial charge in [-0.15, -0.1) is 11.3 Å². The molecule has 0 atom stereocenters. The molecule has 0 aliphatic heterocycles. The van der Waals surface area contributed by atoms with Gasteiger partial charge in [-0.1, -0.05) is 29.8 Å². The van der Waals surface area contributed by atoms with Crippen LogP contribution >= 0.6 is 22.9 Å². The predicted octanol–water partition coefficient (Wildman–Crippen LogP) is 5.90.